The molecule has 1 saturated heterocycles. The van der Waals surface area contributed by atoms with E-state index in [9.17, 15) is 15.3 Å². The molecule has 2 rings (SSSR count). The van der Waals surface area contributed by atoms with E-state index >= 15 is 0 Å². The highest BCUT2D eigenvalue weighted by Crippen LogP contribution is 2.30. The summed E-state index contributed by atoms with van der Waals surface area (Å²) in [5, 5.41) is 44.1. The molecular formula is C9H14N2O5. The summed E-state index contributed by atoms with van der Waals surface area (Å²) in [4.78, 5) is 0. The van der Waals surface area contributed by atoms with E-state index < -0.39 is 37.1 Å². The van der Waals surface area contributed by atoms with Crippen molar-refractivity contribution >= 4 is 0 Å². The maximum Gasteiger partial charge on any atom is 0.128 e. The number of aromatic nitrogens is 2. The van der Waals surface area contributed by atoms with Gasteiger partial charge in [-0.2, -0.15) is 5.10 Å². The van der Waals surface area contributed by atoms with Gasteiger partial charge in [-0.05, 0) is 6.07 Å². The zero-order chi connectivity index (χ0) is 11.7. The molecule has 0 aliphatic carbocycles. The molecule has 7 heteroatoms. The van der Waals surface area contributed by atoms with Crippen LogP contribution in [0.5, 0.6) is 0 Å². The van der Waals surface area contributed by atoms with Crippen molar-refractivity contribution in [3.63, 3.8) is 0 Å². The average Bonchev–Trinajstić information content (AvgIpc) is 2.80. The van der Waals surface area contributed by atoms with E-state index in [0.29, 0.717) is 5.69 Å². The van der Waals surface area contributed by atoms with Crippen LogP contribution in [0.25, 0.3) is 0 Å². The molecule has 16 heavy (non-hydrogen) atoms. The highest BCUT2D eigenvalue weighted by Gasteiger charge is 2.44. The van der Waals surface area contributed by atoms with E-state index in [-0.39, 0.29) is 0 Å². The van der Waals surface area contributed by atoms with E-state index in [1.807, 2.05) is 0 Å². The summed E-state index contributed by atoms with van der Waals surface area (Å²) < 4.78 is 5.29. The lowest BCUT2D eigenvalue weighted by atomic mass is 9.94. The molecule has 0 radical (unpaired) electrons. The van der Waals surface area contributed by atoms with Gasteiger partial charge in [0.1, 0.15) is 30.5 Å². The molecule has 0 amide bonds. The summed E-state index contributed by atoms with van der Waals surface area (Å²) in [6, 6.07) is 1.59. The number of hydrogen-bond donors (Lipinski definition) is 5. The third-order valence-corrected chi connectivity index (χ3v) is 2.72. The zero-order valence-corrected chi connectivity index (χ0v) is 8.39. The van der Waals surface area contributed by atoms with Gasteiger partial charge in [-0.25, -0.2) is 0 Å². The Morgan fingerprint density at radius 3 is 2.56 bits per heavy atom. The van der Waals surface area contributed by atoms with Crippen molar-refractivity contribution in [3.8, 4) is 0 Å². The third kappa shape index (κ3) is 1.83. The predicted octanol–water partition coefficient (Wildman–Crippen LogP) is -2.08. The molecule has 0 bridgehead atoms. The lowest BCUT2D eigenvalue weighted by molar-refractivity contribution is -0.232. The van der Waals surface area contributed by atoms with E-state index in [0.717, 1.165) is 0 Å². The van der Waals surface area contributed by atoms with Crippen LogP contribution >= 0.6 is 0 Å². The minimum Gasteiger partial charge on any atom is -0.394 e. The van der Waals surface area contributed by atoms with Gasteiger partial charge in [0.15, 0.2) is 0 Å². The molecule has 0 saturated carbocycles. The number of aliphatic hydroxyl groups excluding tert-OH is 4. The van der Waals surface area contributed by atoms with Crippen LogP contribution < -0.4 is 0 Å². The van der Waals surface area contributed by atoms with Crippen LogP contribution in [0.4, 0.5) is 0 Å². The van der Waals surface area contributed by atoms with E-state index in [4.69, 9.17) is 9.84 Å². The Bertz CT molecular complexity index is 329. The normalized spacial score (nSPS) is 39.9. The monoisotopic (exact) mass is 230 g/mol. The van der Waals surface area contributed by atoms with Gasteiger partial charge in [-0.15, -0.1) is 0 Å². The standard InChI is InChI=1S/C9H14N2O5/c12-3-5-6(13)7(14)8(15)9(16-5)4-1-2-10-11-4/h1-2,5-9,12-15H,3H2,(H,10,11)/t5-,6-,7+,8-,9?/m1/s1. The lowest BCUT2D eigenvalue weighted by Crippen LogP contribution is -2.55. The molecule has 1 aromatic heterocycles. The predicted molar refractivity (Wildman–Crippen MR) is 51.3 cm³/mol. The van der Waals surface area contributed by atoms with E-state index in [1.54, 1.807) is 6.07 Å². The second-order valence-corrected chi connectivity index (χ2v) is 3.76. The SMILES string of the molecule is OC[C@H]1OC(c2ccn[nH]2)[C@H](O)[C@@H](O)[C@@H]1O. The van der Waals surface area contributed by atoms with Gasteiger partial charge in [-0.3, -0.25) is 5.10 Å². The Hall–Kier alpha value is -0.990. The van der Waals surface area contributed by atoms with Crippen molar-refractivity contribution in [2.45, 2.75) is 30.5 Å². The Labute approximate surface area is 91.3 Å². The molecule has 7 nitrogen and oxygen atoms in total. The number of nitrogens with one attached hydrogen (secondary N) is 1. The van der Waals surface area contributed by atoms with Crippen molar-refractivity contribution in [3.05, 3.63) is 18.0 Å². The van der Waals surface area contributed by atoms with Gasteiger partial charge < -0.3 is 25.2 Å². The summed E-state index contributed by atoms with van der Waals surface area (Å²) >= 11 is 0. The van der Waals surface area contributed by atoms with Gasteiger partial charge in [0, 0.05) is 6.20 Å². The molecule has 0 spiro atoms. The van der Waals surface area contributed by atoms with Gasteiger partial charge in [-0.1, -0.05) is 0 Å². The summed E-state index contributed by atoms with van der Waals surface area (Å²) in [5.74, 6) is 0. The number of ether oxygens (including phenoxy) is 1. The topological polar surface area (TPSA) is 119 Å². The van der Waals surface area contributed by atoms with Crippen molar-refractivity contribution in [2.75, 3.05) is 6.61 Å². The highest BCUT2D eigenvalue weighted by atomic mass is 16.5. The second-order valence-electron chi connectivity index (χ2n) is 3.76. The molecule has 1 aliphatic rings. The van der Waals surface area contributed by atoms with Crippen molar-refractivity contribution < 1.29 is 25.2 Å². The molecule has 1 fully saturated rings. The number of aliphatic hydroxyl groups is 4. The molecule has 90 valence electrons. The van der Waals surface area contributed by atoms with Crippen LogP contribution in [0.2, 0.25) is 0 Å². The number of rotatable bonds is 2. The molecule has 2 heterocycles. The average molecular weight is 230 g/mol. The van der Waals surface area contributed by atoms with Crippen LogP contribution in [0.15, 0.2) is 12.3 Å². The van der Waals surface area contributed by atoms with Gasteiger partial charge in [0.2, 0.25) is 0 Å². The minimum atomic E-state index is -1.36. The first-order valence-corrected chi connectivity index (χ1v) is 4.95. The number of hydrogen-bond acceptors (Lipinski definition) is 6. The van der Waals surface area contributed by atoms with E-state index in [2.05, 4.69) is 10.2 Å². The molecule has 1 aliphatic heterocycles. The smallest absolute Gasteiger partial charge is 0.128 e. The Morgan fingerprint density at radius 1 is 1.25 bits per heavy atom. The van der Waals surface area contributed by atoms with Gasteiger partial charge in [0.05, 0.1) is 12.3 Å². The summed E-state index contributed by atoms with van der Waals surface area (Å²) in [7, 11) is 0. The van der Waals surface area contributed by atoms with Crippen LogP contribution in [-0.2, 0) is 4.74 Å². The van der Waals surface area contributed by atoms with Crippen molar-refractivity contribution in [1.29, 1.82) is 0 Å². The molecule has 5 N–H and O–H groups in total. The molecule has 1 unspecified atom stereocenters. The Kier molecular flexibility index (Phi) is 3.22. The first-order valence-electron chi connectivity index (χ1n) is 4.95. The first kappa shape index (κ1) is 11.5. The maximum absolute atomic E-state index is 9.73. The lowest BCUT2D eigenvalue weighted by Gasteiger charge is -2.39. The van der Waals surface area contributed by atoms with Crippen molar-refractivity contribution in [2.24, 2.45) is 0 Å². The zero-order valence-electron chi connectivity index (χ0n) is 8.39. The minimum absolute atomic E-state index is 0.435. The van der Waals surface area contributed by atoms with Crippen LogP contribution in [0, 0.1) is 0 Å². The number of aromatic amines is 1. The number of H-pyrrole nitrogens is 1. The largest absolute Gasteiger partial charge is 0.394 e. The molecule has 5 atom stereocenters. The summed E-state index contributed by atoms with van der Waals surface area (Å²) in [5.41, 5.74) is 0.483. The second kappa shape index (κ2) is 4.48. The fourth-order valence-electron chi connectivity index (χ4n) is 1.78. The van der Waals surface area contributed by atoms with Crippen LogP contribution in [0.1, 0.15) is 11.8 Å². The summed E-state index contributed by atoms with van der Waals surface area (Å²) in [6.45, 7) is -0.435. The third-order valence-electron chi connectivity index (χ3n) is 2.72. The maximum atomic E-state index is 9.73. The summed E-state index contributed by atoms with van der Waals surface area (Å²) in [6.07, 6.45) is -4.21. The molecule has 1 aromatic rings. The highest BCUT2D eigenvalue weighted by molar-refractivity contribution is 5.08. The quantitative estimate of drug-likeness (QED) is 0.398. The number of nitrogens with zero attached hydrogens (tertiary/aromatic N) is 1. The fourth-order valence-corrected chi connectivity index (χ4v) is 1.78. The van der Waals surface area contributed by atoms with Crippen LogP contribution in [-0.4, -0.2) is 61.6 Å². The first-order chi connectivity index (χ1) is 7.65. The Balaban J connectivity index is 2.20. The van der Waals surface area contributed by atoms with Crippen molar-refractivity contribution in [1.82, 2.24) is 10.2 Å². The Morgan fingerprint density at radius 2 is 2.00 bits per heavy atom. The molecular weight excluding hydrogens is 216 g/mol. The van der Waals surface area contributed by atoms with E-state index in [1.165, 1.54) is 6.20 Å². The van der Waals surface area contributed by atoms with Crippen LogP contribution in [0.3, 0.4) is 0 Å². The fraction of sp³-hybridized carbons (Fsp3) is 0.667. The van der Waals surface area contributed by atoms with Gasteiger partial charge >= 0.3 is 0 Å². The molecule has 0 aromatic carbocycles. The van der Waals surface area contributed by atoms with Gasteiger partial charge in [0.25, 0.3) is 0 Å².